The van der Waals surface area contributed by atoms with Crippen LogP contribution in [0.1, 0.15) is 33.1 Å². The van der Waals surface area contributed by atoms with Crippen LogP contribution in [0, 0.1) is 0 Å². The molecule has 0 aliphatic heterocycles. The van der Waals surface area contributed by atoms with Crippen molar-refractivity contribution in [3.63, 3.8) is 0 Å². The molecule has 0 bridgehead atoms. The molecule has 132 valence electrons. The molecular weight excluding hydrogens is 403 g/mol. The number of nitrogens with two attached hydrogens (primary N) is 1. The number of nitrogens with one attached hydrogen (secondary N) is 1. The zero-order valence-electron chi connectivity index (χ0n) is 14.5. The lowest BCUT2D eigenvalue weighted by Crippen LogP contribution is -2.27. The van der Waals surface area contributed by atoms with Gasteiger partial charge in [0.25, 0.3) is 0 Å². The summed E-state index contributed by atoms with van der Waals surface area (Å²) in [6.45, 7) is 8.59. The van der Waals surface area contributed by atoms with Gasteiger partial charge in [-0.1, -0.05) is 19.9 Å². The predicted molar refractivity (Wildman–Crippen MR) is 110 cm³/mol. The van der Waals surface area contributed by atoms with E-state index in [-0.39, 0.29) is 24.0 Å². The lowest BCUT2D eigenvalue weighted by molar-refractivity contribution is 0.273. The van der Waals surface area contributed by atoms with E-state index in [0.29, 0.717) is 5.96 Å². The summed E-state index contributed by atoms with van der Waals surface area (Å²) in [5.74, 6) is 1.25. The zero-order valence-corrected chi connectivity index (χ0v) is 16.9. The third-order valence-corrected chi connectivity index (χ3v) is 3.34. The topological polar surface area (TPSA) is 62.9 Å². The summed E-state index contributed by atoms with van der Waals surface area (Å²) in [4.78, 5) is 6.87. The second-order valence-electron chi connectivity index (χ2n) is 5.32. The molecule has 0 saturated carbocycles. The second-order valence-corrected chi connectivity index (χ2v) is 5.32. The lowest BCUT2D eigenvalue weighted by atomic mass is 10.3. The van der Waals surface area contributed by atoms with Gasteiger partial charge in [0.05, 0.1) is 7.11 Å². The van der Waals surface area contributed by atoms with Crippen LogP contribution in [-0.4, -0.2) is 44.1 Å². The van der Waals surface area contributed by atoms with Gasteiger partial charge < -0.3 is 20.7 Å². The number of aliphatic imine (C=N–C) groups is 1. The molecule has 23 heavy (non-hydrogen) atoms. The molecule has 3 N–H and O–H groups in total. The molecule has 5 nitrogen and oxygen atoms in total. The molecule has 0 aromatic heterocycles. The fourth-order valence-electron chi connectivity index (χ4n) is 2.35. The number of ether oxygens (including phenoxy) is 1. The van der Waals surface area contributed by atoms with E-state index in [1.165, 1.54) is 12.8 Å². The SMILES string of the molecule is CCCN(CCC)CCCN=C(N)Nc1cccc(OC)c1.I. The predicted octanol–water partition coefficient (Wildman–Crippen LogP) is 3.55. The lowest BCUT2D eigenvalue weighted by Gasteiger charge is -2.20. The maximum absolute atomic E-state index is 5.92. The van der Waals surface area contributed by atoms with Gasteiger partial charge in [0.1, 0.15) is 5.75 Å². The summed E-state index contributed by atoms with van der Waals surface area (Å²) in [5, 5.41) is 3.09. The van der Waals surface area contributed by atoms with Gasteiger partial charge in [-0.2, -0.15) is 0 Å². The van der Waals surface area contributed by atoms with Crippen molar-refractivity contribution in [3.05, 3.63) is 24.3 Å². The maximum Gasteiger partial charge on any atom is 0.193 e. The van der Waals surface area contributed by atoms with Gasteiger partial charge in [-0.3, -0.25) is 4.99 Å². The van der Waals surface area contributed by atoms with Crippen LogP contribution in [0.5, 0.6) is 5.75 Å². The normalized spacial score (nSPS) is 11.2. The van der Waals surface area contributed by atoms with Crippen LogP contribution in [0.2, 0.25) is 0 Å². The Balaban J connectivity index is 0.00000484. The highest BCUT2D eigenvalue weighted by atomic mass is 127. The summed E-state index contributed by atoms with van der Waals surface area (Å²) in [6.07, 6.45) is 3.42. The highest BCUT2D eigenvalue weighted by Crippen LogP contribution is 2.16. The number of methoxy groups -OCH3 is 1. The summed E-state index contributed by atoms with van der Waals surface area (Å²) in [6, 6.07) is 7.65. The average Bonchev–Trinajstić information content (AvgIpc) is 2.52. The van der Waals surface area contributed by atoms with Gasteiger partial charge in [-0.15, -0.1) is 24.0 Å². The van der Waals surface area contributed by atoms with E-state index < -0.39 is 0 Å². The Kier molecular flexibility index (Phi) is 12.8. The van der Waals surface area contributed by atoms with Crippen molar-refractivity contribution in [2.24, 2.45) is 10.7 Å². The molecule has 0 saturated heterocycles. The largest absolute Gasteiger partial charge is 0.497 e. The number of nitrogens with zero attached hydrogens (tertiary/aromatic N) is 2. The van der Waals surface area contributed by atoms with Crippen molar-refractivity contribution in [1.82, 2.24) is 4.90 Å². The van der Waals surface area contributed by atoms with Crippen molar-refractivity contribution in [2.45, 2.75) is 33.1 Å². The first-order valence-corrected chi connectivity index (χ1v) is 8.13. The van der Waals surface area contributed by atoms with Gasteiger partial charge in [0, 0.05) is 18.3 Å². The number of halogens is 1. The van der Waals surface area contributed by atoms with Crippen molar-refractivity contribution < 1.29 is 4.74 Å². The fourth-order valence-corrected chi connectivity index (χ4v) is 2.35. The molecule has 0 spiro atoms. The van der Waals surface area contributed by atoms with Crippen molar-refractivity contribution >= 4 is 35.6 Å². The van der Waals surface area contributed by atoms with Gasteiger partial charge in [-0.25, -0.2) is 0 Å². The highest BCUT2D eigenvalue weighted by Gasteiger charge is 2.02. The Labute approximate surface area is 157 Å². The number of hydrogen-bond donors (Lipinski definition) is 2. The third-order valence-electron chi connectivity index (χ3n) is 3.34. The van der Waals surface area contributed by atoms with E-state index >= 15 is 0 Å². The standard InChI is InChI=1S/C17H30N4O.HI/c1-4-11-21(12-5-2)13-7-10-19-17(18)20-15-8-6-9-16(14-15)22-3;/h6,8-9,14H,4-5,7,10-13H2,1-3H3,(H3,18,19,20);1H. The summed E-state index contributed by atoms with van der Waals surface area (Å²) < 4.78 is 5.18. The van der Waals surface area contributed by atoms with E-state index in [0.717, 1.165) is 44.0 Å². The Bertz CT molecular complexity index is 448. The quantitative estimate of drug-likeness (QED) is 0.256. The van der Waals surface area contributed by atoms with Crippen molar-refractivity contribution in [1.29, 1.82) is 0 Å². The number of rotatable bonds is 10. The molecule has 0 fully saturated rings. The van der Waals surface area contributed by atoms with E-state index in [1.807, 2.05) is 24.3 Å². The monoisotopic (exact) mass is 434 g/mol. The molecule has 0 heterocycles. The number of benzene rings is 1. The summed E-state index contributed by atoms with van der Waals surface area (Å²) >= 11 is 0. The van der Waals surface area contributed by atoms with Crippen molar-refractivity contribution in [3.8, 4) is 5.75 Å². The fraction of sp³-hybridized carbons (Fsp3) is 0.588. The van der Waals surface area contributed by atoms with Crippen LogP contribution in [0.25, 0.3) is 0 Å². The number of anilines is 1. The maximum atomic E-state index is 5.92. The minimum Gasteiger partial charge on any atom is -0.497 e. The molecule has 6 heteroatoms. The molecule has 0 unspecified atom stereocenters. The second kappa shape index (κ2) is 13.4. The molecule has 0 aliphatic carbocycles. The minimum absolute atomic E-state index is 0. The van der Waals surface area contributed by atoms with E-state index in [9.17, 15) is 0 Å². The van der Waals surface area contributed by atoms with Crippen molar-refractivity contribution in [2.75, 3.05) is 38.6 Å². The molecule has 1 aromatic carbocycles. The molecule has 0 radical (unpaired) electrons. The molecule has 1 aromatic rings. The Morgan fingerprint density at radius 2 is 1.91 bits per heavy atom. The Morgan fingerprint density at radius 1 is 1.22 bits per heavy atom. The van der Waals surface area contributed by atoms with E-state index in [1.54, 1.807) is 7.11 Å². The molecule has 0 atom stereocenters. The van der Waals surface area contributed by atoms with Crippen LogP contribution in [0.4, 0.5) is 5.69 Å². The Hall–Kier alpha value is -1.02. The van der Waals surface area contributed by atoms with Gasteiger partial charge in [-0.05, 0) is 51.0 Å². The highest BCUT2D eigenvalue weighted by molar-refractivity contribution is 14.0. The zero-order chi connectivity index (χ0) is 16.2. The molecule has 0 amide bonds. The Morgan fingerprint density at radius 3 is 2.52 bits per heavy atom. The average molecular weight is 434 g/mol. The molecule has 1 rings (SSSR count). The molecular formula is C17H31IN4O. The first kappa shape index (κ1) is 22.0. The molecule has 0 aliphatic rings. The summed E-state index contributed by atoms with van der Waals surface area (Å²) in [7, 11) is 1.65. The summed E-state index contributed by atoms with van der Waals surface area (Å²) in [5.41, 5.74) is 6.80. The van der Waals surface area contributed by atoms with Gasteiger partial charge in [0.15, 0.2) is 5.96 Å². The first-order chi connectivity index (χ1) is 10.7. The van der Waals surface area contributed by atoms with Crippen LogP contribution in [-0.2, 0) is 0 Å². The van der Waals surface area contributed by atoms with Crippen LogP contribution in [0.3, 0.4) is 0 Å². The van der Waals surface area contributed by atoms with Crippen LogP contribution in [0.15, 0.2) is 29.3 Å². The van der Waals surface area contributed by atoms with E-state index in [4.69, 9.17) is 10.5 Å². The first-order valence-electron chi connectivity index (χ1n) is 8.13. The van der Waals surface area contributed by atoms with Gasteiger partial charge in [0.2, 0.25) is 0 Å². The third kappa shape index (κ3) is 9.65. The minimum atomic E-state index is 0. The number of hydrogen-bond acceptors (Lipinski definition) is 3. The van der Waals surface area contributed by atoms with Crippen LogP contribution < -0.4 is 15.8 Å². The smallest absolute Gasteiger partial charge is 0.193 e. The van der Waals surface area contributed by atoms with Crippen LogP contribution >= 0.6 is 24.0 Å². The van der Waals surface area contributed by atoms with E-state index in [2.05, 4.69) is 29.1 Å². The van der Waals surface area contributed by atoms with Gasteiger partial charge >= 0.3 is 0 Å². The number of guanidine groups is 1.